The number of aromatic nitrogens is 4. The number of nitrogens with one attached hydrogen (secondary N) is 2. The Morgan fingerprint density at radius 2 is 2.09 bits per heavy atom. The number of allylic oxidation sites excluding steroid dienone is 3. The molecule has 1 aromatic carbocycles. The topological polar surface area (TPSA) is 88.2 Å². The van der Waals surface area contributed by atoms with Crippen LogP contribution < -0.4 is 10.2 Å². The summed E-state index contributed by atoms with van der Waals surface area (Å²) in [4.78, 5) is 10.9. The van der Waals surface area contributed by atoms with Crippen molar-refractivity contribution in [1.82, 2.24) is 20.2 Å². The van der Waals surface area contributed by atoms with Gasteiger partial charge in [0.05, 0.1) is 12.1 Å². The van der Waals surface area contributed by atoms with Crippen molar-refractivity contribution in [3.8, 4) is 11.4 Å². The van der Waals surface area contributed by atoms with Crippen LogP contribution in [-0.2, 0) is 16.0 Å². The summed E-state index contributed by atoms with van der Waals surface area (Å²) in [6.45, 7) is 0.777. The monoisotopic (exact) mass is 476 g/mol. The highest BCUT2D eigenvalue weighted by Gasteiger charge is 2.22. The lowest BCUT2D eigenvalue weighted by molar-refractivity contribution is 0.248. The van der Waals surface area contributed by atoms with Crippen LogP contribution >= 0.6 is 0 Å². The number of halogens is 2. The lowest BCUT2D eigenvalue weighted by Crippen LogP contribution is -2.28. The van der Waals surface area contributed by atoms with Gasteiger partial charge in [-0.05, 0) is 42.7 Å². The normalized spacial score (nSPS) is 14.6. The number of nitrogens with zero attached hydrogens (tertiary/aromatic N) is 4. The Balaban J connectivity index is 1.39. The Morgan fingerprint density at radius 3 is 2.89 bits per heavy atom. The maximum Gasteiger partial charge on any atom is 0.252 e. The van der Waals surface area contributed by atoms with Crippen LogP contribution in [0.5, 0.6) is 0 Å². The van der Waals surface area contributed by atoms with E-state index in [1.165, 1.54) is 30.4 Å². The summed E-state index contributed by atoms with van der Waals surface area (Å²) in [7, 11) is 0. The minimum Gasteiger partial charge on any atom is -0.464 e. The van der Waals surface area contributed by atoms with Crippen molar-refractivity contribution in [3.63, 3.8) is 0 Å². The molecule has 2 aliphatic rings. The summed E-state index contributed by atoms with van der Waals surface area (Å²) in [5.74, 6) is 0.0748. The molecular formula is C25H22F2N6O2. The Kier molecular flexibility index (Phi) is 6.51. The van der Waals surface area contributed by atoms with E-state index < -0.39 is 11.6 Å². The number of benzene rings is 1. The van der Waals surface area contributed by atoms with Crippen LogP contribution in [0.4, 0.5) is 20.5 Å². The van der Waals surface area contributed by atoms with Gasteiger partial charge in [0.2, 0.25) is 5.88 Å². The summed E-state index contributed by atoms with van der Waals surface area (Å²) >= 11 is 0. The number of anilines is 2. The van der Waals surface area contributed by atoms with Crippen molar-refractivity contribution in [3.05, 3.63) is 102 Å². The second-order valence-electron chi connectivity index (χ2n) is 7.85. The standard InChI is InChI=1S/C25H22F2N6O2/c26-20-9-8-18(13-21(20)27)14-29-23-19(7-4-10-28-23)24-30-25(32-31-24)33(22-16-34-11-12-35-22)15-17-5-2-1-3-6-17/h1-2,4-5,7-13,16H,3,6,14-15H2,(H,28,29)(H,30,31,32). The summed E-state index contributed by atoms with van der Waals surface area (Å²) in [5, 5.41) is 10.5. The van der Waals surface area contributed by atoms with Gasteiger partial charge >= 0.3 is 0 Å². The molecule has 2 N–H and O–H groups in total. The summed E-state index contributed by atoms with van der Waals surface area (Å²) < 4.78 is 37.7. The highest BCUT2D eigenvalue weighted by atomic mass is 19.2. The number of ether oxygens (including phenoxy) is 2. The molecule has 10 heteroatoms. The molecule has 3 heterocycles. The van der Waals surface area contributed by atoms with Gasteiger partial charge in [0.1, 0.15) is 18.3 Å². The van der Waals surface area contributed by atoms with E-state index >= 15 is 0 Å². The molecule has 0 spiro atoms. The zero-order valence-electron chi connectivity index (χ0n) is 18.6. The first-order valence-corrected chi connectivity index (χ1v) is 11.0. The number of aromatic amines is 1. The molecule has 0 unspecified atom stereocenters. The van der Waals surface area contributed by atoms with E-state index in [4.69, 9.17) is 9.47 Å². The predicted molar refractivity (Wildman–Crippen MR) is 126 cm³/mol. The minimum atomic E-state index is -0.896. The largest absolute Gasteiger partial charge is 0.464 e. The molecule has 178 valence electrons. The Morgan fingerprint density at radius 1 is 1.14 bits per heavy atom. The fraction of sp³-hybridized carbons (Fsp3) is 0.160. The van der Waals surface area contributed by atoms with Gasteiger partial charge in [0.25, 0.3) is 5.95 Å². The van der Waals surface area contributed by atoms with E-state index in [1.807, 2.05) is 17.0 Å². The van der Waals surface area contributed by atoms with Gasteiger partial charge in [-0.2, -0.15) is 4.98 Å². The van der Waals surface area contributed by atoms with E-state index in [9.17, 15) is 8.78 Å². The van der Waals surface area contributed by atoms with E-state index in [-0.39, 0.29) is 6.54 Å². The Hall–Kier alpha value is -4.47. The zero-order valence-corrected chi connectivity index (χ0v) is 18.6. The third-order valence-corrected chi connectivity index (χ3v) is 5.44. The summed E-state index contributed by atoms with van der Waals surface area (Å²) in [6.07, 6.45) is 14.1. The minimum absolute atomic E-state index is 0.250. The number of H-pyrrole nitrogens is 1. The van der Waals surface area contributed by atoms with Crippen LogP contribution in [0.1, 0.15) is 18.4 Å². The first-order valence-electron chi connectivity index (χ1n) is 11.0. The second-order valence-corrected chi connectivity index (χ2v) is 7.85. The van der Waals surface area contributed by atoms with E-state index in [0.29, 0.717) is 41.1 Å². The van der Waals surface area contributed by atoms with Gasteiger partial charge in [-0.3, -0.25) is 10.00 Å². The van der Waals surface area contributed by atoms with E-state index in [0.717, 1.165) is 25.0 Å². The molecule has 35 heavy (non-hydrogen) atoms. The van der Waals surface area contributed by atoms with Crippen molar-refractivity contribution in [1.29, 1.82) is 0 Å². The molecule has 0 radical (unpaired) electrons. The molecule has 1 aliphatic heterocycles. The molecule has 2 aromatic heterocycles. The van der Waals surface area contributed by atoms with Crippen LogP contribution in [0.15, 0.2) is 85.0 Å². The molecule has 0 saturated heterocycles. The van der Waals surface area contributed by atoms with Gasteiger partial charge in [0.15, 0.2) is 23.7 Å². The molecule has 0 amide bonds. The first kappa shape index (κ1) is 22.3. The Labute approximate surface area is 200 Å². The maximum atomic E-state index is 13.6. The third kappa shape index (κ3) is 5.21. The van der Waals surface area contributed by atoms with Crippen LogP contribution in [0.2, 0.25) is 0 Å². The van der Waals surface area contributed by atoms with Gasteiger partial charge < -0.3 is 14.8 Å². The van der Waals surface area contributed by atoms with Gasteiger partial charge in [-0.15, -0.1) is 5.10 Å². The second kappa shape index (κ2) is 10.2. The highest BCUT2D eigenvalue weighted by molar-refractivity contribution is 5.70. The van der Waals surface area contributed by atoms with Crippen LogP contribution in [0.25, 0.3) is 11.4 Å². The summed E-state index contributed by atoms with van der Waals surface area (Å²) in [6, 6.07) is 7.39. The van der Waals surface area contributed by atoms with Crippen molar-refractivity contribution < 1.29 is 18.3 Å². The van der Waals surface area contributed by atoms with Crippen LogP contribution in [0.3, 0.4) is 0 Å². The quantitative estimate of drug-likeness (QED) is 0.465. The molecule has 3 aromatic rings. The predicted octanol–water partition coefficient (Wildman–Crippen LogP) is 5.16. The van der Waals surface area contributed by atoms with Crippen LogP contribution in [-0.4, -0.2) is 26.7 Å². The SMILES string of the molecule is Fc1ccc(CNc2ncccc2-c2nc(N(CC3=CC=CCC3)C3=COC=CO3)n[nH]2)cc1F. The molecule has 0 saturated carbocycles. The van der Waals surface area contributed by atoms with Crippen molar-refractivity contribution in [2.45, 2.75) is 19.4 Å². The Bertz CT molecular complexity index is 1330. The van der Waals surface area contributed by atoms with Crippen molar-refractivity contribution >= 4 is 11.8 Å². The van der Waals surface area contributed by atoms with Crippen LogP contribution in [0, 0.1) is 11.6 Å². The van der Waals surface area contributed by atoms with Gasteiger partial charge in [-0.25, -0.2) is 13.8 Å². The molecular weight excluding hydrogens is 454 g/mol. The number of pyridine rings is 1. The molecule has 0 fully saturated rings. The molecule has 5 rings (SSSR count). The number of hydrogen-bond acceptors (Lipinski definition) is 7. The van der Waals surface area contributed by atoms with Crippen molar-refractivity contribution in [2.24, 2.45) is 0 Å². The lowest BCUT2D eigenvalue weighted by atomic mass is 10.1. The molecule has 8 nitrogen and oxygen atoms in total. The smallest absolute Gasteiger partial charge is 0.252 e. The molecule has 0 atom stereocenters. The van der Waals surface area contributed by atoms with Gasteiger partial charge in [-0.1, -0.05) is 29.9 Å². The average Bonchev–Trinajstić information content (AvgIpc) is 3.39. The average molecular weight is 476 g/mol. The third-order valence-electron chi connectivity index (χ3n) is 5.44. The van der Waals surface area contributed by atoms with Crippen molar-refractivity contribution in [2.75, 3.05) is 16.8 Å². The van der Waals surface area contributed by atoms with E-state index in [1.54, 1.807) is 12.3 Å². The number of hydrogen-bond donors (Lipinski definition) is 2. The molecule has 1 aliphatic carbocycles. The summed E-state index contributed by atoms with van der Waals surface area (Å²) in [5.41, 5.74) is 2.45. The molecule has 0 bridgehead atoms. The number of rotatable bonds is 8. The fourth-order valence-electron chi connectivity index (χ4n) is 3.68. The highest BCUT2D eigenvalue weighted by Crippen LogP contribution is 2.28. The maximum absolute atomic E-state index is 13.6. The van der Waals surface area contributed by atoms with Gasteiger partial charge in [0, 0.05) is 12.7 Å². The fourth-order valence-corrected chi connectivity index (χ4v) is 3.68. The first-order chi connectivity index (χ1) is 17.2. The zero-order chi connectivity index (χ0) is 24.0. The van der Waals surface area contributed by atoms with E-state index in [2.05, 4.69) is 37.6 Å². The lowest BCUT2D eigenvalue weighted by Gasteiger charge is -2.25.